The van der Waals surface area contributed by atoms with Crippen molar-refractivity contribution in [2.45, 2.75) is 6.61 Å². The Morgan fingerprint density at radius 3 is 2.60 bits per heavy atom. The molecule has 0 fully saturated rings. The first-order valence-electron chi connectivity index (χ1n) is 4.91. The zero-order chi connectivity index (χ0) is 10.5. The predicted molar refractivity (Wildman–Crippen MR) is 60.8 cm³/mol. The Balaban J connectivity index is 2.33. The van der Waals surface area contributed by atoms with Gasteiger partial charge in [0.15, 0.2) is 0 Å². The first kappa shape index (κ1) is 9.81. The summed E-state index contributed by atoms with van der Waals surface area (Å²) in [5.74, 6) is 0. The molecule has 0 radical (unpaired) electrons. The van der Waals surface area contributed by atoms with E-state index in [0.29, 0.717) is 0 Å². The molecule has 1 aliphatic rings. The summed E-state index contributed by atoms with van der Waals surface area (Å²) in [5.41, 5.74) is 2.88. The maximum absolute atomic E-state index is 9.16. The van der Waals surface area contributed by atoms with Crippen LogP contribution in [-0.2, 0) is 6.61 Å². The van der Waals surface area contributed by atoms with Crippen LogP contribution in [0.5, 0.6) is 0 Å². The molecule has 0 spiro atoms. The summed E-state index contributed by atoms with van der Waals surface area (Å²) in [6, 6.07) is 7.73. The molecule has 0 atom stereocenters. The van der Waals surface area contributed by atoms with E-state index in [-0.39, 0.29) is 6.61 Å². The van der Waals surface area contributed by atoms with Gasteiger partial charge < -0.3 is 5.11 Å². The molecule has 1 aromatic carbocycles. The van der Waals surface area contributed by atoms with Crippen LogP contribution >= 0.6 is 0 Å². The molecule has 1 aromatic rings. The summed E-state index contributed by atoms with van der Waals surface area (Å²) in [6.07, 6.45) is 13.2. The number of hydrogen-bond acceptors (Lipinski definition) is 1. The number of allylic oxidation sites excluding steroid dienone is 5. The lowest BCUT2D eigenvalue weighted by Crippen LogP contribution is -1.90. The van der Waals surface area contributed by atoms with Crippen molar-refractivity contribution in [3.63, 3.8) is 0 Å². The molecule has 0 aliphatic heterocycles. The van der Waals surface area contributed by atoms with Gasteiger partial charge in [-0.25, -0.2) is 0 Å². The van der Waals surface area contributed by atoms with Gasteiger partial charge in [-0.05, 0) is 0 Å². The summed E-state index contributed by atoms with van der Waals surface area (Å²) in [7, 11) is 0. The van der Waals surface area contributed by atoms with Gasteiger partial charge in [0.1, 0.15) is 0 Å². The third-order valence-corrected chi connectivity index (χ3v) is 2.24. The Kier molecular flexibility index (Phi) is 3.05. The van der Waals surface area contributed by atoms with Crippen molar-refractivity contribution in [2.24, 2.45) is 0 Å². The molecule has 1 N–H and O–H groups in total. The van der Waals surface area contributed by atoms with E-state index in [1.807, 2.05) is 55.0 Å². The van der Waals surface area contributed by atoms with Crippen LogP contribution < -0.4 is 0 Å². The maximum Gasteiger partial charge on any atom is 0.0522 e. The molecule has 0 aromatic heterocycles. The number of benzene rings is 1. The van der Waals surface area contributed by atoms with Crippen LogP contribution in [0.1, 0.15) is 11.1 Å². The molecule has 0 saturated carbocycles. The Morgan fingerprint density at radius 1 is 1.13 bits per heavy atom. The molecule has 1 nitrogen and oxygen atoms in total. The van der Waals surface area contributed by atoms with Crippen LogP contribution in [0.3, 0.4) is 0 Å². The van der Waals surface area contributed by atoms with Gasteiger partial charge in [0.25, 0.3) is 0 Å². The topological polar surface area (TPSA) is 20.2 Å². The summed E-state index contributed by atoms with van der Waals surface area (Å²) >= 11 is 0. The molecule has 1 aliphatic carbocycles. The Morgan fingerprint density at radius 2 is 1.87 bits per heavy atom. The second-order valence-electron chi connectivity index (χ2n) is 3.31. The maximum atomic E-state index is 9.16. The van der Waals surface area contributed by atoms with Gasteiger partial charge in [-0.3, -0.25) is 0 Å². The van der Waals surface area contributed by atoms with Gasteiger partial charge in [0.05, 0.1) is 5.57 Å². The van der Waals surface area contributed by atoms with Gasteiger partial charge >= 0.3 is 0 Å². The van der Waals surface area contributed by atoms with E-state index in [1.165, 1.54) is 0 Å². The predicted octanol–water partition coefficient (Wildman–Crippen LogP) is 2.59. The second kappa shape index (κ2) is 4.67. The minimum atomic E-state index is 0.0516. The lowest BCUT2D eigenvalue weighted by molar-refractivity contribution is 0.281. The van der Waals surface area contributed by atoms with E-state index < -0.39 is 0 Å². The fraction of sp³-hybridized carbons (Fsp3) is 0.0714. The number of aliphatic hydroxyl groups excluding tert-OH is 1. The standard InChI is InChI=1S/C14H12O/c15-11-14-9-5-4-8-13(14)10-12-6-2-1-3-7-12/h1-9,15H,11H2. The highest BCUT2D eigenvalue weighted by Crippen LogP contribution is 2.14. The zero-order valence-corrected chi connectivity index (χ0v) is 8.35. The molecule has 2 rings (SSSR count). The fourth-order valence-corrected chi connectivity index (χ4v) is 1.46. The van der Waals surface area contributed by atoms with Crippen molar-refractivity contribution < 1.29 is 5.11 Å². The molecule has 15 heavy (non-hydrogen) atoms. The van der Waals surface area contributed by atoms with Crippen LogP contribution in [0.4, 0.5) is 0 Å². The van der Waals surface area contributed by atoms with Gasteiger partial charge in [-0.1, -0.05) is 29.8 Å². The van der Waals surface area contributed by atoms with Crippen molar-refractivity contribution in [2.75, 3.05) is 0 Å². The molecule has 0 heterocycles. The lowest BCUT2D eigenvalue weighted by atomic mass is 10.0. The number of aliphatic hydroxyl groups is 1. The summed E-state index contributed by atoms with van der Waals surface area (Å²) < 4.78 is 0. The van der Waals surface area contributed by atoms with Crippen LogP contribution in [0.25, 0.3) is 0 Å². The molecule has 0 unspecified atom stereocenters. The zero-order valence-electron chi connectivity index (χ0n) is 8.35. The minimum Gasteiger partial charge on any atom is -0.399 e. The van der Waals surface area contributed by atoms with Gasteiger partial charge in [-0.2, -0.15) is 0 Å². The minimum absolute atomic E-state index is 0.0516. The third kappa shape index (κ3) is 2.39. The highest BCUT2D eigenvalue weighted by Gasteiger charge is 1.99. The first-order chi connectivity index (χ1) is 7.40. The monoisotopic (exact) mass is 196 g/mol. The van der Waals surface area contributed by atoms with Crippen LogP contribution in [0, 0.1) is 12.5 Å². The van der Waals surface area contributed by atoms with Crippen LogP contribution in [0.2, 0.25) is 0 Å². The molecule has 0 amide bonds. The van der Waals surface area contributed by atoms with E-state index in [2.05, 4.69) is 6.08 Å². The quantitative estimate of drug-likeness (QED) is 0.721. The average molecular weight is 196 g/mol. The largest absolute Gasteiger partial charge is 0.399 e. The van der Waals surface area contributed by atoms with Crippen LogP contribution in [-0.4, -0.2) is 5.11 Å². The van der Waals surface area contributed by atoms with E-state index in [4.69, 9.17) is 5.11 Å². The molecule has 0 saturated heterocycles. The van der Waals surface area contributed by atoms with Crippen molar-refractivity contribution in [1.29, 1.82) is 0 Å². The van der Waals surface area contributed by atoms with E-state index in [9.17, 15) is 0 Å². The molecule has 74 valence electrons. The highest BCUT2D eigenvalue weighted by atomic mass is 16.3. The SMILES string of the molecule is OCc1ccccc1[C-]=C1C=C[CH+]C=C1. The van der Waals surface area contributed by atoms with Gasteiger partial charge in [0, 0.05) is 37.3 Å². The molecule has 1 heteroatoms. The highest BCUT2D eigenvalue weighted by molar-refractivity contribution is 5.43. The summed E-state index contributed by atoms with van der Waals surface area (Å²) in [4.78, 5) is 0. The Hall–Kier alpha value is -1.73. The molecular weight excluding hydrogens is 184 g/mol. The normalized spacial score (nSPS) is 13.8. The van der Waals surface area contributed by atoms with E-state index >= 15 is 0 Å². The molecule has 0 bridgehead atoms. The Bertz CT molecular complexity index is 411. The van der Waals surface area contributed by atoms with Crippen molar-refractivity contribution >= 4 is 0 Å². The average Bonchev–Trinajstić information content (AvgIpc) is 2.31. The summed E-state index contributed by atoms with van der Waals surface area (Å²) in [6.45, 7) is 0.0516. The number of rotatable bonds is 2. The fourth-order valence-electron chi connectivity index (χ4n) is 1.46. The van der Waals surface area contributed by atoms with Gasteiger partial charge in [-0.15, -0.1) is 11.6 Å². The second-order valence-corrected chi connectivity index (χ2v) is 3.31. The van der Waals surface area contributed by atoms with E-state index in [1.54, 1.807) is 0 Å². The number of hydrogen-bond donors (Lipinski definition) is 1. The van der Waals surface area contributed by atoms with E-state index in [0.717, 1.165) is 16.7 Å². The van der Waals surface area contributed by atoms with Gasteiger partial charge in [0.2, 0.25) is 0 Å². The smallest absolute Gasteiger partial charge is 0.0522 e. The van der Waals surface area contributed by atoms with Crippen molar-refractivity contribution in [1.82, 2.24) is 0 Å². The first-order valence-corrected chi connectivity index (χ1v) is 4.91. The van der Waals surface area contributed by atoms with Crippen molar-refractivity contribution in [3.8, 4) is 0 Å². The lowest BCUT2D eigenvalue weighted by Gasteiger charge is -2.07. The molecular formula is C14H12O. The van der Waals surface area contributed by atoms with Crippen LogP contribution in [0.15, 0.2) is 54.1 Å². The Labute approximate surface area is 90.1 Å². The summed E-state index contributed by atoms with van der Waals surface area (Å²) in [5, 5.41) is 9.16. The third-order valence-electron chi connectivity index (χ3n) is 2.24. The van der Waals surface area contributed by atoms with Crippen molar-refractivity contribution in [3.05, 3.63) is 77.8 Å².